The summed E-state index contributed by atoms with van der Waals surface area (Å²) in [6, 6.07) is 0. The number of hydrogen-bond acceptors (Lipinski definition) is 4. The van der Waals surface area contributed by atoms with Gasteiger partial charge in [-0.3, -0.25) is 0 Å². The van der Waals surface area contributed by atoms with E-state index in [0.717, 1.165) is 28.3 Å². The summed E-state index contributed by atoms with van der Waals surface area (Å²) < 4.78 is 12.9. The molecule has 2 aliphatic rings. The maximum Gasteiger partial charge on any atom is 0.130 e. The highest BCUT2D eigenvalue weighted by Crippen LogP contribution is 2.17. The highest BCUT2D eigenvalue weighted by atomic mass is 35.5. The fourth-order valence-corrected chi connectivity index (χ4v) is 5.69. The first kappa shape index (κ1) is 45.5. The van der Waals surface area contributed by atoms with Crippen molar-refractivity contribution in [3.63, 3.8) is 0 Å². The van der Waals surface area contributed by atoms with Gasteiger partial charge in [0.2, 0.25) is 0 Å². The summed E-state index contributed by atoms with van der Waals surface area (Å²) in [4.78, 5) is 9.14. The van der Waals surface area contributed by atoms with E-state index in [-0.39, 0.29) is 12.4 Å². The Balaban J connectivity index is 0. The summed E-state index contributed by atoms with van der Waals surface area (Å²) in [7, 11) is 9.37. The molecule has 2 rings (SSSR count). The number of hydrogen-bond donors (Lipinski definition) is 0. The average Bonchev–Trinajstić information content (AvgIpc) is 3.90. The van der Waals surface area contributed by atoms with Crippen molar-refractivity contribution < 1.29 is 40.7 Å². The summed E-state index contributed by atoms with van der Waals surface area (Å²) in [6.07, 6.45) is 30.5. The lowest BCUT2D eigenvalue weighted by atomic mass is 10.1. The van der Waals surface area contributed by atoms with Crippen LogP contribution in [0, 0.1) is 0 Å². The van der Waals surface area contributed by atoms with Gasteiger partial charge in [0.1, 0.15) is 25.3 Å². The van der Waals surface area contributed by atoms with Crippen LogP contribution in [-0.2, 0) is 14.3 Å². The molecule has 2 aliphatic heterocycles. The topological polar surface area (TPSA) is 65.2 Å². The molecule has 0 aliphatic carbocycles. The number of aliphatic carboxylic acids is 1. The van der Waals surface area contributed by atoms with Crippen LogP contribution in [0.15, 0.2) is 12.7 Å². The molecule has 6 nitrogen and oxygen atoms in total. The fraction of sp³-hybridized carbons (Fsp3) is 0.919. The van der Waals surface area contributed by atoms with Crippen molar-refractivity contribution in [2.75, 3.05) is 67.6 Å². The molecule has 2 fully saturated rings. The van der Waals surface area contributed by atoms with Gasteiger partial charge in [-0.25, -0.2) is 0 Å². The average molecular weight is 647 g/mol. The Labute approximate surface area is 280 Å². The van der Waals surface area contributed by atoms with Crippen LogP contribution in [0.4, 0.5) is 0 Å². The number of nitrogens with zero attached hydrogens (tertiary/aromatic N) is 2. The Kier molecular flexibility index (Phi) is 30.7. The molecule has 2 heterocycles. The van der Waals surface area contributed by atoms with Crippen LogP contribution >= 0.6 is 0 Å². The van der Waals surface area contributed by atoms with Gasteiger partial charge < -0.3 is 40.7 Å². The standard InChI is InChI=1S/2C17H36NO.C3H4O2.ClH/c2*1-4-5-6-7-8-9-10-11-12-13-14-18(2,3)15-17-16-19-17;1-2-3(4)5;/h2*17H,4-16H2,1-3H3;2H,1H2,(H,4,5);1H/q2*+1;;/p-2. The molecule has 2 saturated heterocycles. The van der Waals surface area contributed by atoms with Crippen LogP contribution in [0.1, 0.15) is 142 Å². The first-order valence-corrected chi connectivity index (χ1v) is 18.3. The lowest BCUT2D eigenvalue weighted by Crippen LogP contribution is -3.00. The second kappa shape index (κ2) is 29.7. The highest BCUT2D eigenvalue weighted by molar-refractivity contribution is 5.76. The molecule has 0 N–H and O–H groups in total. The lowest BCUT2D eigenvalue weighted by molar-refractivity contribution is -0.891. The number of likely N-dealkylation sites (N-methyl/N-ethyl adjacent to an activating group) is 2. The zero-order chi connectivity index (χ0) is 32.2. The molecule has 0 aromatic carbocycles. The Morgan fingerprint density at radius 2 is 0.841 bits per heavy atom. The second-order valence-electron chi connectivity index (χ2n) is 14.5. The minimum absolute atomic E-state index is 0. The lowest BCUT2D eigenvalue weighted by Gasteiger charge is -2.29. The molecular weight excluding hydrogens is 572 g/mol. The van der Waals surface area contributed by atoms with Crippen LogP contribution in [0.2, 0.25) is 0 Å². The van der Waals surface area contributed by atoms with Crippen LogP contribution in [0.5, 0.6) is 0 Å². The Morgan fingerprint density at radius 1 is 0.614 bits per heavy atom. The summed E-state index contributed by atoms with van der Waals surface area (Å²) in [5.41, 5.74) is 0. The van der Waals surface area contributed by atoms with Crippen LogP contribution in [-0.4, -0.2) is 94.7 Å². The maximum absolute atomic E-state index is 9.14. The van der Waals surface area contributed by atoms with E-state index < -0.39 is 5.97 Å². The zero-order valence-electron chi connectivity index (χ0n) is 30.2. The molecule has 7 heteroatoms. The smallest absolute Gasteiger partial charge is 0.130 e. The van der Waals surface area contributed by atoms with Gasteiger partial charge in [0, 0.05) is 0 Å². The number of quaternary nitrogens is 2. The van der Waals surface area contributed by atoms with Crippen LogP contribution in [0.25, 0.3) is 0 Å². The maximum atomic E-state index is 9.14. The summed E-state index contributed by atoms with van der Waals surface area (Å²) in [5, 5.41) is 9.14. The molecule has 2 unspecified atom stereocenters. The minimum Gasteiger partial charge on any atom is -1.00 e. The van der Waals surface area contributed by atoms with Crippen molar-refractivity contribution >= 4 is 5.97 Å². The van der Waals surface area contributed by atoms with Crippen molar-refractivity contribution in [1.29, 1.82) is 0 Å². The first-order chi connectivity index (χ1) is 20.5. The molecule has 0 spiro atoms. The molecule has 0 aromatic rings. The number of halogens is 1. The molecule has 2 atom stereocenters. The SMILES string of the molecule is C=CC(=O)[O-].CCCCCCCCCCCC[N+](C)(C)CC1CO1.CCCCCCCCCCCC[N+](C)(C)CC1CO1.[Cl-]. The van der Waals surface area contributed by atoms with Crippen molar-refractivity contribution in [2.24, 2.45) is 0 Å². The molecule has 0 saturated carbocycles. The third-order valence-electron chi connectivity index (χ3n) is 8.60. The van der Waals surface area contributed by atoms with E-state index in [0.29, 0.717) is 12.2 Å². The third kappa shape index (κ3) is 35.8. The van der Waals surface area contributed by atoms with Gasteiger partial charge in [-0.2, -0.15) is 0 Å². The molecule has 0 amide bonds. The summed E-state index contributed by atoms with van der Waals surface area (Å²) in [5.74, 6) is -1.23. The number of epoxide rings is 2. The van der Waals surface area contributed by atoms with Gasteiger partial charge in [-0.15, -0.1) is 0 Å². The molecule has 0 radical (unpaired) electrons. The van der Waals surface area contributed by atoms with E-state index in [1.54, 1.807) is 0 Å². The van der Waals surface area contributed by atoms with Gasteiger partial charge in [-0.1, -0.05) is 123 Å². The quantitative estimate of drug-likeness (QED) is 0.0562. The van der Waals surface area contributed by atoms with Gasteiger partial charge in [0.25, 0.3) is 0 Å². The third-order valence-corrected chi connectivity index (χ3v) is 8.60. The van der Waals surface area contributed by atoms with E-state index >= 15 is 0 Å². The Bertz CT molecular complexity index is 605. The van der Waals surface area contributed by atoms with E-state index in [2.05, 4.69) is 48.6 Å². The number of ether oxygens (including phenoxy) is 2. The van der Waals surface area contributed by atoms with Gasteiger partial charge in [-0.05, 0) is 31.8 Å². The molecule has 264 valence electrons. The van der Waals surface area contributed by atoms with Crippen LogP contribution < -0.4 is 17.5 Å². The molecule has 0 bridgehead atoms. The van der Waals surface area contributed by atoms with Crippen molar-refractivity contribution in [3.8, 4) is 0 Å². The fourth-order valence-electron chi connectivity index (χ4n) is 5.69. The Morgan fingerprint density at radius 3 is 1.05 bits per heavy atom. The molecule has 0 aromatic heterocycles. The molecule has 44 heavy (non-hydrogen) atoms. The largest absolute Gasteiger partial charge is 1.00 e. The summed E-state index contributed by atoms with van der Waals surface area (Å²) in [6.45, 7) is 14.5. The van der Waals surface area contributed by atoms with Crippen molar-refractivity contribution in [2.45, 2.75) is 154 Å². The number of carboxylic acid groups (broad SMARTS) is 1. The van der Waals surface area contributed by atoms with E-state index in [4.69, 9.17) is 19.4 Å². The predicted octanol–water partition coefficient (Wildman–Crippen LogP) is 4.69. The normalized spacial score (nSPS) is 17.0. The number of rotatable bonds is 27. The van der Waals surface area contributed by atoms with Gasteiger partial charge in [0.15, 0.2) is 0 Å². The number of carbonyl (C=O) groups is 1. The monoisotopic (exact) mass is 647 g/mol. The predicted molar refractivity (Wildman–Crippen MR) is 182 cm³/mol. The van der Waals surface area contributed by atoms with Gasteiger partial charge >= 0.3 is 0 Å². The highest BCUT2D eigenvalue weighted by Gasteiger charge is 2.31. The number of carboxylic acids is 1. The number of unbranched alkanes of at least 4 members (excludes halogenated alkanes) is 18. The minimum atomic E-state index is -1.23. The van der Waals surface area contributed by atoms with E-state index in [1.807, 2.05) is 0 Å². The van der Waals surface area contributed by atoms with Crippen LogP contribution in [0.3, 0.4) is 0 Å². The van der Waals surface area contributed by atoms with E-state index in [1.165, 1.54) is 155 Å². The second-order valence-corrected chi connectivity index (χ2v) is 14.5. The molecular formula is C37H75ClN2O4. The van der Waals surface area contributed by atoms with Gasteiger partial charge in [0.05, 0.1) is 60.5 Å². The Hall–Kier alpha value is -0.660. The van der Waals surface area contributed by atoms with E-state index in [9.17, 15) is 0 Å². The summed E-state index contributed by atoms with van der Waals surface area (Å²) >= 11 is 0. The number of carbonyl (C=O) groups excluding carboxylic acids is 1. The first-order valence-electron chi connectivity index (χ1n) is 18.3. The van der Waals surface area contributed by atoms with Crippen molar-refractivity contribution in [1.82, 2.24) is 0 Å². The van der Waals surface area contributed by atoms with Crippen molar-refractivity contribution in [3.05, 3.63) is 12.7 Å². The zero-order valence-corrected chi connectivity index (χ0v) is 31.0.